The van der Waals surface area contributed by atoms with Crippen LogP contribution in [-0.2, 0) is 11.0 Å². The highest BCUT2D eigenvalue weighted by molar-refractivity contribution is 7.99. The molecular weight excluding hydrogens is 461 g/mol. The number of carbonyl (C=O) groups is 1. The van der Waals surface area contributed by atoms with E-state index < -0.39 is 17.6 Å². The van der Waals surface area contributed by atoms with E-state index in [1.165, 1.54) is 12.1 Å². The van der Waals surface area contributed by atoms with Crippen LogP contribution in [0.1, 0.15) is 18.1 Å². The maximum atomic E-state index is 12.8. The Kier molecular flexibility index (Phi) is 6.40. The molecule has 0 radical (unpaired) electrons. The van der Waals surface area contributed by atoms with Crippen molar-refractivity contribution >= 4 is 35.0 Å². The first-order valence-corrected chi connectivity index (χ1v) is 10.5. The number of alkyl halides is 3. The maximum Gasteiger partial charge on any atom is 0.416 e. The average Bonchev–Trinajstić information content (AvgIpc) is 3.44. The summed E-state index contributed by atoms with van der Waals surface area (Å²) in [4.78, 5) is 16.2. The first kappa shape index (κ1) is 22.5. The van der Waals surface area contributed by atoms with Gasteiger partial charge >= 0.3 is 6.18 Å². The van der Waals surface area contributed by atoms with Gasteiger partial charge in [-0.3, -0.25) is 4.79 Å². The van der Waals surface area contributed by atoms with E-state index in [0.717, 1.165) is 29.5 Å². The fourth-order valence-electron chi connectivity index (χ4n) is 2.78. The van der Waals surface area contributed by atoms with Crippen molar-refractivity contribution in [1.82, 2.24) is 15.2 Å². The summed E-state index contributed by atoms with van der Waals surface area (Å²) in [6, 6.07) is 9.87. The van der Waals surface area contributed by atoms with Crippen molar-refractivity contribution in [2.45, 2.75) is 18.3 Å². The molecule has 0 spiro atoms. The molecule has 172 valence electrons. The first-order chi connectivity index (χ1) is 15.8. The number of anilines is 2. The summed E-state index contributed by atoms with van der Waals surface area (Å²) >= 11 is 1.02. The third-order valence-corrected chi connectivity index (χ3v) is 5.24. The quantitative estimate of drug-likeness (QED) is 0.266. The van der Waals surface area contributed by atoms with E-state index in [0.29, 0.717) is 17.2 Å². The predicted octanol–water partition coefficient (Wildman–Crippen LogP) is 4.12. The van der Waals surface area contributed by atoms with Crippen molar-refractivity contribution < 1.29 is 27.4 Å². The number of carbonyl (C=O) groups excluding carboxylic acids is 1. The van der Waals surface area contributed by atoms with Crippen LogP contribution in [0.2, 0.25) is 0 Å². The normalized spacial score (nSPS) is 13.2. The second-order valence-electron chi connectivity index (χ2n) is 6.76. The standard InChI is InChI=1S/C20H17F3N6O3S/c1-11(12-5-6-15-16(7-12)32-10-31-15)26-27-18-25-19(29-28-18)33-9-17(30)24-14-4-2-3-13(8-14)20(21,22)23/h2-8H,9-10H2,1H3,(H,24,30)(H2,25,27,28,29)/b26-11+. The van der Waals surface area contributed by atoms with Crippen LogP contribution in [0.4, 0.5) is 24.8 Å². The molecule has 2 aromatic carbocycles. The van der Waals surface area contributed by atoms with Gasteiger partial charge in [0, 0.05) is 11.3 Å². The Bertz CT molecular complexity index is 1200. The minimum Gasteiger partial charge on any atom is -0.454 e. The molecule has 1 aliphatic heterocycles. The Labute approximate surface area is 189 Å². The molecule has 3 aromatic rings. The number of nitrogens with one attached hydrogen (secondary N) is 3. The van der Waals surface area contributed by atoms with Crippen molar-refractivity contribution in [3.05, 3.63) is 53.6 Å². The Morgan fingerprint density at radius 1 is 1.21 bits per heavy atom. The molecule has 1 amide bonds. The van der Waals surface area contributed by atoms with Gasteiger partial charge in [0.2, 0.25) is 23.8 Å². The molecule has 13 heteroatoms. The fraction of sp³-hybridized carbons (Fsp3) is 0.200. The summed E-state index contributed by atoms with van der Waals surface area (Å²) in [5.41, 5.74) is 3.46. The number of rotatable bonds is 7. The Hall–Kier alpha value is -3.74. The van der Waals surface area contributed by atoms with Crippen molar-refractivity contribution in [2.75, 3.05) is 23.3 Å². The Balaban J connectivity index is 1.29. The molecule has 0 fully saturated rings. The van der Waals surface area contributed by atoms with Gasteiger partial charge in [0.15, 0.2) is 11.5 Å². The lowest BCUT2D eigenvalue weighted by atomic mass is 10.1. The molecule has 0 saturated heterocycles. The third kappa shape index (κ3) is 5.74. The zero-order chi connectivity index (χ0) is 23.4. The molecule has 9 nitrogen and oxygen atoms in total. The Morgan fingerprint density at radius 2 is 2.03 bits per heavy atom. The number of fused-ring (bicyclic) bond motifs is 1. The molecule has 2 heterocycles. The number of H-pyrrole nitrogens is 1. The van der Waals surface area contributed by atoms with Crippen molar-refractivity contribution in [3.8, 4) is 11.5 Å². The summed E-state index contributed by atoms with van der Waals surface area (Å²) in [5, 5.41) is 13.6. The Morgan fingerprint density at radius 3 is 2.85 bits per heavy atom. The number of aromatic nitrogens is 3. The summed E-state index contributed by atoms with van der Waals surface area (Å²) in [7, 11) is 0. The van der Waals surface area contributed by atoms with E-state index in [1.807, 2.05) is 12.1 Å². The topological polar surface area (TPSA) is 114 Å². The molecule has 1 aliphatic rings. The number of hydrogen-bond acceptors (Lipinski definition) is 8. The molecule has 3 N–H and O–H groups in total. The summed E-state index contributed by atoms with van der Waals surface area (Å²) < 4.78 is 49.0. The second kappa shape index (κ2) is 9.40. The number of aromatic amines is 1. The van der Waals surface area contributed by atoms with Gasteiger partial charge in [0.1, 0.15) is 0 Å². The third-order valence-electron chi connectivity index (χ3n) is 4.39. The van der Waals surface area contributed by atoms with Crippen LogP contribution in [0.15, 0.2) is 52.7 Å². The maximum absolute atomic E-state index is 12.8. The van der Waals surface area contributed by atoms with Crippen LogP contribution in [-0.4, -0.2) is 39.3 Å². The SMILES string of the molecule is C/C(=N\Nc1nc(SCC(=O)Nc2cccc(C(F)(F)F)c2)n[nH]1)c1ccc2c(c1)OCO2. The van der Waals surface area contributed by atoms with Crippen LogP contribution in [0.25, 0.3) is 0 Å². The molecule has 33 heavy (non-hydrogen) atoms. The molecule has 1 aromatic heterocycles. The molecule has 0 aliphatic carbocycles. The summed E-state index contributed by atoms with van der Waals surface area (Å²) in [5.74, 6) is 0.996. The average molecular weight is 478 g/mol. The van der Waals surface area contributed by atoms with E-state index in [1.54, 1.807) is 13.0 Å². The fourth-order valence-corrected chi connectivity index (χ4v) is 3.38. The summed E-state index contributed by atoms with van der Waals surface area (Å²) in [6.07, 6.45) is -4.48. The number of amides is 1. The minimum atomic E-state index is -4.48. The number of hydrogen-bond donors (Lipinski definition) is 3. The van der Waals surface area contributed by atoms with Gasteiger partial charge in [0.25, 0.3) is 0 Å². The van der Waals surface area contributed by atoms with Gasteiger partial charge in [0.05, 0.1) is 17.0 Å². The molecule has 4 rings (SSSR count). The van der Waals surface area contributed by atoms with Crippen LogP contribution >= 0.6 is 11.8 Å². The molecule has 0 unspecified atom stereocenters. The number of nitrogens with zero attached hydrogens (tertiary/aromatic N) is 3. The zero-order valence-electron chi connectivity index (χ0n) is 17.1. The highest BCUT2D eigenvalue weighted by Gasteiger charge is 2.30. The number of halogens is 3. The van der Waals surface area contributed by atoms with Crippen LogP contribution < -0.4 is 20.2 Å². The van der Waals surface area contributed by atoms with Crippen LogP contribution in [0.3, 0.4) is 0 Å². The highest BCUT2D eigenvalue weighted by Crippen LogP contribution is 2.33. The van der Waals surface area contributed by atoms with Crippen LogP contribution in [0, 0.1) is 0 Å². The van der Waals surface area contributed by atoms with E-state index in [-0.39, 0.29) is 29.3 Å². The smallest absolute Gasteiger partial charge is 0.416 e. The lowest BCUT2D eigenvalue weighted by molar-refractivity contribution is -0.137. The van der Waals surface area contributed by atoms with Gasteiger partial charge in [-0.2, -0.15) is 23.3 Å². The van der Waals surface area contributed by atoms with Gasteiger partial charge in [-0.15, -0.1) is 5.10 Å². The molecular formula is C20H17F3N6O3S. The highest BCUT2D eigenvalue weighted by atomic mass is 32.2. The lowest BCUT2D eigenvalue weighted by Gasteiger charge is -2.09. The van der Waals surface area contributed by atoms with E-state index in [4.69, 9.17) is 9.47 Å². The summed E-state index contributed by atoms with van der Waals surface area (Å²) in [6.45, 7) is 1.98. The van der Waals surface area contributed by atoms with Crippen LogP contribution in [0.5, 0.6) is 11.5 Å². The number of hydrazone groups is 1. The first-order valence-electron chi connectivity index (χ1n) is 9.50. The lowest BCUT2D eigenvalue weighted by Crippen LogP contribution is -2.15. The van der Waals surface area contributed by atoms with Crippen molar-refractivity contribution in [3.63, 3.8) is 0 Å². The zero-order valence-corrected chi connectivity index (χ0v) is 17.9. The number of benzene rings is 2. The van der Waals surface area contributed by atoms with E-state index in [9.17, 15) is 18.0 Å². The predicted molar refractivity (Wildman–Crippen MR) is 116 cm³/mol. The largest absolute Gasteiger partial charge is 0.454 e. The second-order valence-corrected chi connectivity index (χ2v) is 7.70. The van der Waals surface area contributed by atoms with Gasteiger partial charge in [-0.1, -0.05) is 17.8 Å². The van der Waals surface area contributed by atoms with Crippen molar-refractivity contribution in [1.29, 1.82) is 0 Å². The van der Waals surface area contributed by atoms with E-state index >= 15 is 0 Å². The monoisotopic (exact) mass is 478 g/mol. The van der Waals surface area contributed by atoms with E-state index in [2.05, 4.69) is 31.0 Å². The van der Waals surface area contributed by atoms with Gasteiger partial charge < -0.3 is 14.8 Å². The minimum absolute atomic E-state index is 0.0566. The molecule has 0 atom stereocenters. The molecule has 0 saturated carbocycles. The number of thioether (sulfide) groups is 1. The molecule has 0 bridgehead atoms. The number of ether oxygens (including phenoxy) is 2. The van der Waals surface area contributed by atoms with Crippen molar-refractivity contribution in [2.24, 2.45) is 5.10 Å². The van der Waals surface area contributed by atoms with Gasteiger partial charge in [-0.25, -0.2) is 10.5 Å². The van der Waals surface area contributed by atoms with Gasteiger partial charge in [-0.05, 0) is 43.3 Å².